The molecule has 0 aromatic heterocycles. The van der Waals surface area contributed by atoms with E-state index in [1.54, 1.807) is 7.11 Å². The number of halogens is 1. The average Bonchev–Trinajstić information content (AvgIpc) is 2.34. The Morgan fingerprint density at radius 1 is 1.41 bits per heavy atom. The molecule has 96 valence electrons. The smallest absolute Gasteiger partial charge is 0.133 e. The fourth-order valence-corrected chi connectivity index (χ4v) is 1.86. The van der Waals surface area contributed by atoms with Crippen LogP contribution in [0.15, 0.2) is 22.7 Å². The van der Waals surface area contributed by atoms with E-state index in [-0.39, 0.29) is 6.10 Å². The van der Waals surface area contributed by atoms with E-state index >= 15 is 0 Å². The lowest BCUT2D eigenvalue weighted by Crippen LogP contribution is -2.16. The van der Waals surface area contributed by atoms with E-state index in [0.29, 0.717) is 6.61 Å². The molecule has 0 bridgehead atoms. The first-order chi connectivity index (χ1) is 8.17. The van der Waals surface area contributed by atoms with Crippen molar-refractivity contribution in [2.45, 2.75) is 26.5 Å². The SMILES string of the molecule is CCNCc1ccc(OCC(C)OC)c(Br)c1. The third-order valence-electron chi connectivity index (χ3n) is 2.45. The largest absolute Gasteiger partial charge is 0.490 e. The first-order valence-electron chi connectivity index (χ1n) is 5.82. The van der Waals surface area contributed by atoms with Crippen LogP contribution in [0.1, 0.15) is 19.4 Å². The number of rotatable bonds is 7. The Morgan fingerprint density at radius 2 is 2.18 bits per heavy atom. The molecule has 17 heavy (non-hydrogen) atoms. The zero-order valence-corrected chi connectivity index (χ0v) is 12.2. The topological polar surface area (TPSA) is 30.5 Å². The maximum absolute atomic E-state index is 5.66. The molecule has 1 N–H and O–H groups in total. The maximum Gasteiger partial charge on any atom is 0.133 e. The van der Waals surface area contributed by atoms with Gasteiger partial charge in [0.2, 0.25) is 0 Å². The minimum absolute atomic E-state index is 0.100. The summed E-state index contributed by atoms with van der Waals surface area (Å²) in [6.07, 6.45) is 0.100. The summed E-state index contributed by atoms with van der Waals surface area (Å²) in [7, 11) is 1.68. The van der Waals surface area contributed by atoms with Crippen molar-refractivity contribution in [3.63, 3.8) is 0 Å². The Morgan fingerprint density at radius 3 is 2.76 bits per heavy atom. The molecule has 3 nitrogen and oxygen atoms in total. The molecule has 0 heterocycles. The summed E-state index contributed by atoms with van der Waals surface area (Å²) in [5, 5.41) is 3.29. The first-order valence-corrected chi connectivity index (χ1v) is 6.61. The average molecular weight is 302 g/mol. The Kier molecular flexibility index (Phi) is 6.55. The summed E-state index contributed by atoms with van der Waals surface area (Å²) < 4.78 is 11.8. The van der Waals surface area contributed by atoms with Gasteiger partial charge < -0.3 is 14.8 Å². The predicted octanol–water partition coefficient (Wildman–Crippen LogP) is 2.97. The van der Waals surface area contributed by atoms with Crippen LogP contribution in [0.3, 0.4) is 0 Å². The van der Waals surface area contributed by atoms with Gasteiger partial charge in [-0.1, -0.05) is 13.0 Å². The molecule has 1 atom stereocenters. The van der Waals surface area contributed by atoms with Crippen LogP contribution in [0.5, 0.6) is 5.75 Å². The quantitative estimate of drug-likeness (QED) is 0.840. The molecule has 0 fully saturated rings. The normalized spacial score (nSPS) is 12.5. The van der Waals surface area contributed by atoms with Crippen molar-refractivity contribution in [3.8, 4) is 5.75 Å². The third-order valence-corrected chi connectivity index (χ3v) is 3.07. The Hall–Kier alpha value is -0.580. The van der Waals surface area contributed by atoms with Gasteiger partial charge in [-0.15, -0.1) is 0 Å². The van der Waals surface area contributed by atoms with E-state index in [9.17, 15) is 0 Å². The Bertz CT molecular complexity index is 344. The number of nitrogens with one attached hydrogen (secondary N) is 1. The van der Waals surface area contributed by atoms with Crippen molar-refractivity contribution < 1.29 is 9.47 Å². The monoisotopic (exact) mass is 301 g/mol. The zero-order valence-electron chi connectivity index (χ0n) is 10.6. The van der Waals surface area contributed by atoms with Crippen LogP contribution in [0.2, 0.25) is 0 Å². The molecule has 0 amide bonds. The molecule has 1 aromatic rings. The van der Waals surface area contributed by atoms with Gasteiger partial charge >= 0.3 is 0 Å². The second kappa shape index (κ2) is 7.69. The third kappa shape index (κ3) is 5.06. The molecule has 1 unspecified atom stereocenters. The maximum atomic E-state index is 5.66. The minimum Gasteiger partial charge on any atom is -0.490 e. The lowest BCUT2D eigenvalue weighted by Gasteiger charge is -2.13. The van der Waals surface area contributed by atoms with Crippen LogP contribution in [-0.2, 0) is 11.3 Å². The highest BCUT2D eigenvalue weighted by Crippen LogP contribution is 2.26. The van der Waals surface area contributed by atoms with Gasteiger partial charge in [0, 0.05) is 13.7 Å². The number of methoxy groups -OCH3 is 1. The van der Waals surface area contributed by atoms with Crippen molar-refractivity contribution in [1.29, 1.82) is 0 Å². The molecule has 0 aliphatic carbocycles. The lowest BCUT2D eigenvalue weighted by molar-refractivity contribution is 0.0714. The molecule has 0 aliphatic rings. The summed E-state index contributed by atoms with van der Waals surface area (Å²) in [4.78, 5) is 0. The van der Waals surface area contributed by atoms with Crippen LogP contribution in [0.4, 0.5) is 0 Å². The molecular formula is C13H20BrNO2. The molecule has 1 aromatic carbocycles. The van der Waals surface area contributed by atoms with Crippen LogP contribution in [0, 0.1) is 0 Å². The van der Waals surface area contributed by atoms with Crippen LogP contribution in [-0.4, -0.2) is 26.4 Å². The van der Waals surface area contributed by atoms with Crippen LogP contribution < -0.4 is 10.1 Å². The summed E-state index contributed by atoms with van der Waals surface area (Å²) in [5.74, 6) is 0.856. The molecule has 0 aliphatic heterocycles. The fraction of sp³-hybridized carbons (Fsp3) is 0.538. The van der Waals surface area contributed by atoms with E-state index in [1.165, 1.54) is 5.56 Å². The molecule has 1 rings (SSSR count). The van der Waals surface area contributed by atoms with Crippen LogP contribution in [0.25, 0.3) is 0 Å². The van der Waals surface area contributed by atoms with Crippen molar-refractivity contribution in [2.24, 2.45) is 0 Å². The highest BCUT2D eigenvalue weighted by molar-refractivity contribution is 9.10. The lowest BCUT2D eigenvalue weighted by atomic mass is 10.2. The highest BCUT2D eigenvalue weighted by Gasteiger charge is 2.05. The van der Waals surface area contributed by atoms with Crippen molar-refractivity contribution in [3.05, 3.63) is 28.2 Å². The number of hydrogen-bond acceptors (Lipinski definition) is 3. The van der Waals surface area contributed by atoms with E-state index in [4.69, 9.17) is 9.47 Å². The number of benzene rings is 1. The molecular weight excluding hydrogens is 282 g/mol. The van der Waals surface area contributed by atoms with E-state index in [0.717, 1.165) is 23.3 Å². The van der Waals surface area contributed by atoms with Crippen molar-refractivity contribution >= 4 is 15.9 Å². The number of hydrogen-bond donors (Lipinski definition) is 1. The molecule has 4 heteroatoms. The predicted molar refractivity (Wildman–Crippen MR) is 73.5 cm³/mol. The molecule has 0 saturated carbocycles. The molecule has 0 radical (unpaired) electrons. The van der Waals surface area contributed by atoms with Crippen molar-refractivity contribution in [1.82, 2.24) is 5.32 Å². The summed E-state index contributed by atoms with van der Waals surface area (Å²) in [5.41, 5.74) is 1.24. The van der Waals surface area contributed by atoms with E-state index in [1.807, 2.05) is 13.0 Å². The number of ether oxygens (including phenoxy) is 2. The fourth-order valence-electron chi connectivity index (χ4n) is 1.32. The van der Waals surface area contributed by atoms with E-state index in [2.05, 4.69) is 40.3 Å². The van der Waals surface area contributed by atoms with Gasteiger partial charge in [-0.05, 0) is 47.1 Å². The first kappa shape index (κ1) is 14.5. The summed E-state index contributed by atoms with van der Waals surface area (Å²) in [6.45, 7) is 6.48. The Labute approximate surface area is 112 Å². The minimum atomic E-state index is 0.100. The Balaban J connectivity index is 2.56. The summed E-state index contributed by atoms with van der Waals surface area (Å²) in [6, 6.07) is 6.13. The van der Waals surface area contributed by atoms with Gasteiger partial charge in [0.05, 0.1) is 10.6 Å². The molecule has 0 saturated heterocycles. The standard InChI is InChI=1S/C13H20BrNO2/c1-4-15-8-11-5-6-13(12(14)7-11)17-9-10(2)16-3/h5-7,10,15H,4,8-9H2,1-3H3. The zero-order chi connectivity index (χ0) is 12.7. The van der Waals surface area contributed by atoms with Gasteiger partial charge in [-0.25, -0.2) is 0 Å². The van der Waals surface area contributed by atoms with Gasteiger partial charge in [0.25, 0.3) is 0 Å². The highest BCUT2D eigenvalue weighted by atomic mass is 79.9. The van der Waals surface area contributed by atoms with Gasteiger partial charge in [0.1, 0.15) is 12.4 Å². The van der Waals surface area contributed by atoms with Crippen LogP contribution >= 0.6 is 15.9 Å². The van der Waals surface area contributed by atoms with Gasteiger partial charge in [-0.3, -0.25) is 0 Å². The molecule has 0 spiro atoms. The van der Waals surface area contributed by atoms with Gasteiger partial charge in [-0.2, -0.15) is 0 Å². The van der Waals surface area contributed by atoms with E-state index < -0.39 is 0 Å². The second-order valence-electron chi connectivity index (χ2n) is 3.90. The summed E-state index contributed by atoms with van der Waals surface area (Å²) >= 11 is 3.52. The van der Waals surface area contributed by atoms with Crippen molar-refractivity contribution in [2.75, 3.05) is 20.3 Å². The second-order valence-corrected chi connectivity index (χ2v) is 4.76. The van der Waals surface area contributed by atoms with Gasteiger partial charge in [0.15, 0.2) is 0 Å².